The highest BCUT2D eigenvalue weighted by Crippen LogP contribution is 2.39. The van der Waals surface area contributed by atoms with Gasteiger partial charge in [-0.25, -0.2) is 9.97 Å². The highest BCUT2D eigenvalue weighted by molar-refractivity contribution is 7.70. The number of hydrogen-bond donors (Lipinski definition) is 2. The third-order valence-electron chi connectivity index (χ3n) is 7.10. The maximum absolute atomic E-state index is 12.8. The molecule has 2 N–H and O–H groups in total. The second-order valence-electron chi connectivity index (χ2n) is 10.8. The first-order valence-corrected chi connectivity index (χ1v) is 17.2. The largest absolute Gasteiger partial charge is 0.494 e. The van der Waals surface area contributed by atoms with Crippen LogP contribution < -0.4 is 30.1 Å². The van der Waals surface area contributed by atoms with Gasteiger partial charge in [0.1, 0.15) is 36.0 Å². The number of piperazine rings is 1. The Morgan fingerprint density at radius 2 is 1.73 bits per heavy atom. The lowest BCUT2D eigenvalue weighted by molar-refractivity contribution is 0.132. The van der Waals surface area contributed by atoms with Gasteiger partial charge in [-0.05, 0) is 50.7 Å². The molecular weight excluding hydrogens is 601 g/mol. The van der Waals surface area contributed by atoms with Crippen molar-refractivity contribution < 1.29 is 18.8 Å². The lowest BCUT2D eigenvalue weighted by Gasteiger charge is -2.32. The molecule has 13 heteroatoms. The molecule has 232 valence electrons. The summed E-state index contributed by atoms with van der Waals surface area (Å²) in [6.07, 6.45) is 3.16. The maximum Gasteiger partial charge on any atom is 0.229 e. The van der Waals surface area contributed by atoms with E-state index in [1.807, 2.05) is 36.4 Å². The molecule has 2 aromatic carbocycles. The van der Waals surface area contributed by atoms with E-state index in [0.29, 0.717) is 63.2 Å². The number of methoxy groups -OCH3 is 1. The van der Waals surface area contributed by atoms with E-state index in [2.05, 4.69) is 42.4 Å². The number of ether oxygens (including phenoxy) is 3. The van der Waals surface area contributed by atoms with E-state index >= 15 is 0 Å². The van der Waals surface area contributed by atoms with E-state index in [1.54, 1.807) is 44.8 Å². The molecule has 1 saturated heterocycles. The van der Waals surface area contributed by atoms with Gasteiger partial charge in [0.25, 0.3) is 0 Å². The summed E-state index contributed by atoms with van der Waals surface area (Å²) in [4.78, 5) is 17.9. The topological polar surface area (TPSA) is 114 Å². The zero-order valence-corrected chi connectivity index (χ0v) is 26.9. The SMILES string of the molecule is COc1cc(Oc2ccnc(OCCN3CCN(C)CC3)c2)ccc1Nc1ncc(Cl)c(Nc2ccccc2P(C)(C)=O)n1. The monoisotopic (exact) mass is 637 g/mol. The van der Waals surface area contributed by atoms with Crippen molar-refractivity contribution in [2.45, 2.75) is 0 Å². The summed E-state index contributed by atoms with van der Waals surface area (Å²) in [6.45, 7) is 9.09. The molecule has 0 unspecified atom stereocenters. The Labute approximate surface area is 262 Å². The van der Waals surface area contributed by atoms with Crippen LogP contribution in [0, 0.1) is 0 Å². The summed E-state index contributed by atoms with van der Waals surface area (Å²) in [5.41, 5.74) is 1.30. The van der Waals surface area contributed by atoms with Crippen LogP contribution in [0.5, 0.6) is 23.1 Å². The van der Waals surface area contributed by atoms with Gasteiger partial charge in [-0.3, -0.25) is 4.90 Å². The summed E-state index contributed by atoms with van der Waals surface area (Å²) < 4.78 is 30.4. The van der Waals surface area contributed by atoms with Crippen LogP contribution in [0.15, 0.2) is 67.0 Å². The fraction of sp³-hybridized carbons (Fsp3) is 0.323. The molecule has 3 heterocycles. The Hall–Kier alpha value is -3.89. The number of nitrogens with zero attached hydrogens (tertiary/aromatic N) is 5. The van der Waals surface area contributed by atoms with Gasteiger partial charge < -0.3 is 34.3 Å². The Morgan fingerprint density at radius 3 is 2.50 bits per heavy atom. The molecule has 0 amide bonds. The molecule has 0 aliphatic carbocycles. The van der Waals surface area contributed by atoms with E-state index < -0.39 is 7.14 Å². The van der Waals surface area contributed by atoms with Crippen LogP contribution in [0.25, 0.3) is 0 Å². The number of benzene rings is 2. The summed E-state index contributed by atoms with van der Waals surface area (Å²) in [5.74, 6) is 2.87. The van der Waals surface area contributed by atoms with Crippen molar-refractivity contribution in [2.75, 3.05) is 77.5 Å². The molecule has 0 atom stereocenters. The zero-order chi connectivity index (χ0) is 31.1. The molecule has 0 bridgehead atoms. The number of nitrogens with one attached hydrogen (secondary N) is 2. The lowest BCUT2D eigenvalue weighted by atomic mass is 10.2. The second-order valence-corrected chi connectivity index (χ2v) is 14.4. The Balaban J connectivity index is 1.24. The molecule has 2 aromatic heterocycles. The van der Waals surface area contributed by atoms with Gasteiger partial charge in [-0.2, -0.15) is 4.98 Å². The smallest absolute Gasteiger partial charge is 0.229 e. The Bertz CT molecular complexity index is 1630. The predicted molar refractivity (Wildman–Crippen MR) is 176 cm³/mol. The predicted octanol–water partition coefficient (Wildman–Crippen LogP) is 5.69. The minimum atomic E-state index is -2.54. The lowest BCUT2D eigenvalue weighted by Crippen LogP contribution is -2.45. The number of halogens is 1. The number of likely N-dealkylation sites (N-methyl/N-ethyl adjacent to an activating group) is 1. The standard InChI is InChI=1S/C31H37ClN7O4P/c1-38-13-15-39(16-14-38)17-18-42-29-20-23(11-12-33-29)43-22-9-10-25(27(19-22)41-2)36-31-34-21-24(32)30(37-31)35-26-7-5-6-8-28(26)44(3,4)40/h5-12,19-21H,13-18H2,1-4H3,(H2,34,35,36,37). The first-order chi connectivity index (χ1) is 21.2. The van der Waals surface area contributed by atoms with Crippen LogP contribution in [-0.4, -0.2) is 91.6 Å². The van der Waals surface area contributed by atoms with Gasteiger partial charge in [-0.1, -0.05) is 23.7 Å². The van der Waals surface area contributed by atoms with Gasteiger partial charge in [0.2, 0.25) is 11.8 Å². The summed E-state index contributed by atoms with van der Waals surface area (Å²) in [5, 5.41) is 7.42. The molecule has 1 aliphatic rings. The third kappa shape index (κ3) is 8.39. The van der Waals surface area contributed by atoms with Gasteiger partial charge in [0.15, 0.2) is 5.82 Å². The average Bonchev–Trinajstić information content (AvgIpc) is 3.00. The molecule has 0 spiro atoms. The highest BCUT2D eigenvalue weighted by atomic mass is 35.5. The van der Waals surface area contributed by atoms with Gasteiger partial charge in [0.05, 0.1) is 24.7 Å². The van der Waals surface area contributed by atoms with Crippen LogP contribution in [0.1, 0.15) is 0 Å². The van der Waals surface area contributed by atoms with Crippen molar-refractivity contribution in [3.05, 3.63) is 72.0 Å². The molecule has 0 saturated carbocycles. The van der Waals surface area contributed by atoms with Crippen molar-refractivity contribution in [2.24, 2.45) is 0 Å². The highest BCUT2D eigenvalue weighted by Gasteiger charge is 2.18. The fourth-order valence-electron chi connectivity index (χ4n) is 4.67. The maximum atomic E-state index is 12.8. The van der Waals surface area contributed by atoms with Crippen molar-refractivity contribution in [3.8, 4) is 23.1 Å². The number of aromatic nitrogens is 3. The molecule has 1 fully saturated rings. The first-order valence-electron chi connectivity index (χ1n) is 14.2. The van der Waals surface area contributed by atoms with Crippen LogP contribution in [-0.2, 0) is 4.57 Å². The molecule has 11 nitrogen and oxygen atoms in total. The fourth-order valence-corrected chi connectivity index (χ4v) is 5.96. The number of rotatable bonds is 12. The van der Waals surface area contributed by atoms with Crippen LogP contribution in [0.4, 0.5) is 23.1 Å². The quantitative estimate of drug-likeness (QED) is 0.187. The van der Waals surface area contributed by atoms with Gasteiger partial charge >= 0.3 is 0 Å². The summed E-state index contributed by atoms with van der Waals surface area (Å²) in [6, 6.07) is 16.3. The molecule has 0 radical (unpaired) electrons. The number of anilines is 4. The third-order valence-corrected chi connectivity index (χ3v) is 8.92. The normalized spacial score (nSPS) is 14.2. The van der Waals surface area contributed by atoms with E-state index in [0.717, 1.165) is 32.7 Å². The van der Waals surface area contributed by atoms with Crippen molar-refractivity contribution >= 4 is 47.2 Å². The minimum absolute atomic E-state index is 0.296. The Morgan fingerprint density at radius 1 is 0.955 bits per heavy atom. The second kappa shape index (κ2) is 14.3. The van der Waals surface area contributed by atoms with E-state index in [-0.39, 0.29) is 0 Å². The molecular formula is C31H37ClN7O4P. The van der Waals surface area contributed by atoms with Crippen molar-refractivity contribution in [1.82, 2.24) is 24.8 Å². The van der Waals surface area contributed by atoms with Crippen LogP contribution in [0.2, 0.25) is 5.02 Å². The molecule has 5 rings (SSSR count). The summed E-state index contributed by atoms with van der Waals surface area (Å²) >= 11 is 6.41. The van der Waals surface area contributed by atoms with Gasteiger partial charge in [0, 0.05) is 56.4 Å². The van der Waals surface area contributed by atoms with Crippen LogP contribution in [0.3, 0.4) is 0 Å². The molecule has 1 aliphatic heterocycles. The van der Waals surface area contributed by atoms with E-state index in [1.165, 1.54) is 6.20 Å². The number of hydrogen-bond acceptors (Lipinski definition) is 11. The molecule has 44 heavy (non-hydrogen) atoms. The average molecular weight is 638 g/mol. The van der Waals surface area contributed by atoms with Crippen LogP contribution >= 0.6 is 18.7 Å². The number of pyridine rings is 1. The molecule has 4 aromatic rings. The van der Waals surface area contributed by atoms with E-state index in [9.17, 15) is 4.57 Å². The minimum Gasteiger partial charge on any atom is -0.494 e. The van der Waals surface area contributed by atoms with Crippen molar-refractivity contribution in [1.29, 1.82) is 0 Å². The zero-order valence-electron chi connectivity index (χ0n) is 25.3. The first kappa shape index (κ1) is 31.5. The van der Waals surface area contributed by atoms with Crippen molar-refractivity contribution in [3.63, 3.8) is 0 Å². The van der Waals surface area contributed by atoms with E-state index in [4.69, 9.17) is 25.8 Å². The van der Waals surface area contributed by atoms with Gasteiger partial charge in [-0.15, -0.1) is 0 Å². The Kier molecular flexibility index (Phi) is 10.2. The number of para-hydroxylation sites is 1. The summed E-state index contributed by atoms with van der Waals surface area (Å²) in [7, 11) is 1.18.